The molecule has 2 rings (SSSR count). The largest absolute Gasteiger partial charge is 0.393 e. The maximum Gasteiger partial charge on any atom is 0.313 e. The van der Waals surface area contributed by atoms with Crippen LogP contribution in [0.3, 0.4) is 0 Å². The average molecular weight is 290 g/mol. The maximum atomic E-state index is 11.9. The van der Waals surface area contributed by atoms with E-state index in [1.807, 2.05) is 32.0 Å². The summed E-state index contributed by atoms with van der Waals surface area (Å²) in [6, 6.07) is 5.69. The van der Waals surface area contributed by atoms with Crippen molar-refractivity contribution >= 4 is 17.5 Å². The molecule has 0 saturated heterocycles. The number of anilines is 1. The number of amides is 2. The number of nitrogens with one attached hydrogen (secondary N) is 2. The fourth-order valence-corrected chi connectivity index (χ4v) is 2.52. The van der Waals surface area contributed by atoms with Crippen LogP contribution in [0.2, 0.25) is 0 Å². The van der Waals surface area contributed by atoms with Crippen LogP contribution in [-0.2, 0) is 9.59 Å². The molecule has 0 heterocycles. The van der Waals surface area contributed by atoms with E-state index in [2.05, 4.69) is 10.6 Å². The highest BCUT2D eigenvalue weighted by atomic mass is 16.3. The van der Waals surface area contributed by atoms with Crippen LogP contribution in [0.25, 0.3) is 0 Å². The summed E-state index contributed by atoms with van der Waals surface area (Å²) in [5, 5.41) is 14.8. The predicted molar refractivity (Wildman–Crippen MR) is 81.0 cm³/mol. The van der Waals surface area contributed by atoms with E-state index in [1.165, 1.54) is 0 Å². The summed E-state index contributed by atoms with van der Waals surface area (Å²) in [7, 11) is 0. The van der Waals surface area contributed by atoms with Crippen molar-refractivity contribution in [2.45, 2.75) is 51.7 Å². The van der Waals surface area contributed by atoms with Crippen molar-refractivity contribution in [1.29, 1.82) is 0 Å². The first-order valence-electron chi connectivity index (χ1n) is 7.33. The fourth-order valence-electron chi connectivity index (χ4n) is 2.52. The minimum Gasteiger partial charge on any atom is -0.393 e. The van der Waals surface area contributed by atoms with E-state index >= 15 is 0 Å². The first-order valence-corrected chi connectivity index (χ1v) is 7.33. The Labute approximate surface area is 124 Å². The Morgan fingerprint density at radius 1 is 1.10 bits per heavy atom. The summed E-state index contributed by atoms with van der Waals surface area (Å²) in [6.45, 7) is 3.82. The van der Waals surface area contributed by atoms with Gasteiger partial charge in [-0.15, -0.1) is 0 Å². The lowest BCUT2D eigenvalue weighted by Gasteiger charge is -2.25. The summed E-state index contributed by atoms with van der Waals surface area (Å²) in [4.78, 5) is 23.8. The first kappa shape index (κ1) is 15.5. The quantitative estimate of drug-likeness (QED) is 0.725. The SMILES string of the molecule is Cc1ccc(C)c(NC(=O)C(=O)NC2CCC(O)CC2)c1. The maximum absolute atomic E-state index is 11.9. The number of benzene rings is 1. The minimum atomic E-state index is -0.644. The van der Waals surface area contributed by atoms with Crippen molar-refractivity contribution in [2.24, 2.45) is 0 Å². The van der Waals surface area contributed by atoms with Crippen LogP contribution in [0.4, 0.5) is 5.69 Å². The summed E-state index contributed by atoms with van der Waals surface area (Å²) in [5.74, 6) is -1.26. The number of rotatable bonds is 2. The topological polar surface area (TPSA) is 78.4 Å². The lowest BCUT2D eigenvalue weighted by atomic mass is 9.93. The Morgan fingerprint density at radius 3 is 2.43 bits per heavy atom. The van der Waals surface area contributed by atoms with Crippen LogP contribution in [-0.4, -0.2) is 29.1 Å². The molecule has 2 amide bonds. The molecule has 1 aromatic carbocycles. The smallest absolute Gasteiger partial charge is 0.313 e. The van der Waals surface area contributed by atoms with Crippen molar-refractivity contribution < 1.29 is 14.7 Å². The van der Waals surface area contributed by atoms with Crippen molar-refractivity contribution in [3.05, 3.63) is 29.3 Å². The highest BCUT2D eigenvalue weighted by Crippen LogP contribution is 2.19. The van der Waals surface area contributed by atoms with Gasteiger partial charge in [0.25, 0.3) is 0 Å². The van der Waals surface area contributed by atoms with Crippen LogP contribution in [0.5, 0.6) is 0 Å². The van der Waals surface area contributed by atoms with Crippen molar-refractivity contribution in [1.82, 2.24) is 5.32 Å². The summed E-state index contributed by atoms with van der Waals surface area (Å²) in [6.07, 6.45) is 2.49. The lowest BCUT2D eigenvalue weighted by Crippen LogP contribution is -2.44. The van der Waals surface area contributed by atoms with Gasteiger partial charge in [0, 0.05) is 11.7 Å². The van der Waals surface area contributed by atoms with Crippen LogP contribution < -0.4 is 10.6 Å². The van der Waals surface area contributed by atoms with Crippen LogP contribution >= 0.6 is 0 Å². The van der Waals surface area contributed by atoms with Crippen LogP contribution in [0.1, 0.15) is 36.8 Å². The second kappa shape index (κ2) is 6.72. The Balaban J connectivity index is 1.90. The molecule has 1 saturated carbocycles. The molecule has 1 fully saturated rings. The van der Waals surface area contributed by atoms with Gasteiger partial charge >= 0.3 is 11.8 Å². The molecule has 1 aliphatic carbocycles. The first-order chi connectivity index (χ1) is 9.95. The molecular formula is C16H22N2O3. The fraction of sp³-hybridized carbons (Fsp3) is 0.500. The molecule has 0 atom stereocenters. The molecule has 3 N–H and O–H groups in total. The van der Waals surface area contributed by atoms with E-state index in [9.17, 15) is 14.7 Å². The van der Waals surface area contributed by atoms with Crippen molar-refractivity contribution in [2.75, 3.05) is 5.32 Å². The molecule has 21 heavy (non-hydrogen) atoms. The van der Waals surface area contributed by atoms with Gasteiger partial charge in [-0.25, -0.2) is 0 Å². The number of aliphatic hydroxyl groups is 1. The summed E-state index contributed by atoms with van der Waals surface area (Å²) >= 11 is 0. The van der Waals surface area contributed by atoms with E-state index in [-0.39, 0.29) is 12.1 Å². The third kappa shape index (κ3) is 4.29. The number of carbonyl (C=O) groups is 2. The number of hydrogen-bond acceptors (Lipinski definition) is 3. The summed E-state index contributed by atoms with van der Waals surface area (Å²) in [5.41, 5.74) is 2.61. The molecule has 5 nitrogen and oxygen atoms in total. The van der Waals surface area contributed by atoms with E-state index in [0.29, 0.717) is 31.4 Å². The number of aryl methyl sites for hydroxylation is 2. The number of carbonyl (C=O) groups excluding carboxylic acids is 2. The lowest BCUT2D eigenvalue weighted by molar-refractivity contribution is -0.136. The molecule has 0 aliphatic heterocycles. The average Bonchev–Trinajstić information content (AvgIpc) is 2.45. The molecule has 0 aromatic heterocycles. The molecule has 1 aromatic rings. The van der Waals surface area contributed by atoms with Gasteiger partial charge in [-0.05, 0) is 56.7 Å². The molecule has 114 valence electrons. The third-order valence-electron chi connectivity index (χ3n) is 3.88. The molecule has 0 bridgehead atoms. The monoisotopic (exact) mass is 290 g/mol. The van der Waals surface area contributed by atoms with Gasteiger partial charge in [-0.1, -0.05) is 12.1 Å². The van der Waals surface area contributed by atoms with Gasteiger partial charge in [0.1, 0.15) is 0 Å². The highest BCUT2D eigenvalue weighted by Gasteiger charge is 2.23. The zero-order chi connectivity index (χ0) is 15.4. The van der Waals surface area contributed by atoms with E-state index < -0.39 is 11.8 Å². The highest BCUT2D eigenvalue weighted by molar-refractivity contribution is 6.39. The van der Waals surface area contributed by atoms with E-state index in [0.717, 1.165) is 11.1 Å². The predicted octanol–water partition coefficient (Wildman–Crippen LogP) is 1.66. The minimum absolute atomic E-state index is 0.0229. The molecule has 0 radical (unpaired) electrons. The molecule has 0 spiro atoms. The molecule has 5 heteroatoms. The Hall–Kier alpha value is -1.88. The zero-order valence-corrected chi connectivity index (χ0v) is 12.5. The number of hydrogen-bond donors (Lipinski definition) is 3. The zero-order valence-electron chi connectivity index (χ0n) is 12.5. The van der Waals surface area contributed by atoms with Gasteiger partial charge < -0.3 is 15.7 Å². The second-order valence-electron chi connectivity index (χ2n) is 5.75. The second-order valence-corrected chi connectivity index (χ2v) is 5.75. The van der Waals surface area contributed by atoms with Gasteiger partial charge in [-0.2, -0.15) is 0 Å². The van der Waals surface area contributed by atoms with Crippen LogP contribution in [0, 0.1) is 13.8 Å². The third-order valence-corrected chi connectivity index (χ3v) is 3.88. The summed E-state index contributed by atoms with van der Waals surface area (Å²) < 4.78 is 0. The molecule has 1 aliphatic rings. The standard InChI is InChI=1S/C16H22N2O3/c1-10-3-4-11(2)14(9-10)18-16(21)15(20)17-12-5-7-13(19)8-6-12/h3-4,9,12-13,19H,5-8H2,1-2H3,(H,17,20)(H,18,21). The van der Waals surface area contributed by atoms with Gasteiger partial charge in [0.2, 0.25) is 0 Å². The van der Waals surface area contributed by atoms with E-state index in [4.69, 9.17) is 0 Å². The normalized spacial score (nSPS) is 21.7. The Kier molecular flexibility index (Phi) is 4.96. The molecular weight excluding hydrogens is 268 g/mol. The Morgan fingerprint density at radius 2 is 1.76 bits per heavy atom. The van der Waals surface area contributed by atoms with Gasteiger partial charge in [0.05, 0.1) is 6.10 Å². The Bertz CT molecular complexity index is 534. The van der Waals surface area contributed by atoms with E-state index in [1.54, 1.807) is 0 Å². The van der Waals surface area contributed by atoms with Crippen molar-refractivity contribution in [3.63, 3.8) is 0 Å². The van der Waals surface area contributed by atoms with Gasteiger partial charge in [0.15, 0.2) is 0 Å². The molecule has 0 unspecified atom stereocenters. The number of aliphatic hydroxyl groups excluding tert-OH is 1. The van der Waals surface area contributed by atoms with Crippen molar-refractivity contribution in [3.8, 4) is 0 Å². The van der Waals surface area contributed by atoms with Gasteiger partial charge in [-0.3, -0.25) is 9.59 Å². The van der Waals surface area contributed by atoms with Crippen LogP contribution in [0.15, 0.2) is 18.2 Å².